The summed E-state index contributed by atoms with van der Waals surface area (Å²) in [5.74, 6) is -2.83. The summed E-state index contributed by atoms with van der Waals surface area (Å²) in [6, 6.07) is -2.22. The van der Waals surface area contributed by atoms with Gasteiger partial charge in [0.2, 0.25) is 0 Å². The first kappa shape index (κ1) is 10.2. The Balaban J connectivity index is 4.39. The highest BCUT2D eigenvalue weighted by Crippen LogP contribution is 2.29. The van der Waals surface area contributed by atoms with Crippen LogP contribution in [0.15, 0.2) is 11.8 Å². The van der Waals surface area contributed by atoms with Gasteiger partial charge < -0.3 is 4.74 Å². The number of rotatable bonds is 2. The molecule has 0 aliphatic carbocycles. The Labute approximate surface area is 59.5 Å². The molecule has 0 rings (SSSR count). The molecule has 0 fully saturated rings. The van der Waals surface area contributed by atoms with E-state index in [-0.39, 0.29) is 6.61 Å². The molecular formula is C5H5F5O. The molecule has 1 nitrogen and oxygen atoms in total. The quantitative estimate of drug-likeness (QED) is 0.464. The van der Waals surface area contributed by atoms with E-state index in [4.69, 9.17) is 0 Å². The molecule has 0 aromatic heterocycles. The summed E-state index contributed by atoms with van der Waals surface area (Å²) in [4.78, 5) is 0. The van der Waals surface area contributed by atoms with Crippen LogP contribution in [-0.4, -0.2) is 12.8 Å². The van der Waals surface area contributed by atoms with Crippen LogP contribution in [-0.2, 0) is 4.74 Å². The second-order valence-corrected chi connectivity index (χ2v) is 1.52. The molecule has 0 atom stereocenters. The van der Waals surface area contributed by atoms with Crippen LogP contribution in [0, 0.1) is 0 Å². The van der Waals surface area contributed by atoms with Gasteiger partial charge in [-0.15, -0.1) is 0 Å². The summed E-state index contributed by atoms with van der Waals surface area (Å²) in [6.07, 6.45) is -5.31. The van der Waals surface area contributed by atoms with Crippen molar-refractivity contribution in [2.75, 3.05) is 6.61 Å². The molecule has 6 heteroatoms. The normalized spacial score (nSPS) is 14.4. The van der Waals surface area contributed by atoms with Crippen molar-refractivity contribution in [2.45, 2.75) is 13.1 Å². The maximum atomic E-state index is 11.9. The van der Waals surface area contributed by atoms with Crippen LogP contribution in [0.2, 0.25) is 0 Å². The van der Waals surface area contributed by atoms with Crippen LogP contribution in [0.1, 0.15) is 6.92 Å². The van der Waals surface area contributed by atoms with Gasteiger partial charge >= 0.3 is 12.2 Å². The fraction of sp³-hybridized carbons (Fsp3) is 0.600. The molecule has 0 saturated carbocycles. The second kappa shape index (κ2) is 3.54. The average molecular weight is 176 g/mol. The molecule has 0 aliphatic rings. The lowest BCUT2D eigenvalue weighted by Crippen LogP contribution is -2.10. The SMILES string of the molecule is CCO/C(F)=C(/F)C(F)(F)F. The van der Waals surface area contributed by atoms with Gasteiger partial charge in [0.1, 0.15) is 0 Å². The highest BCUT2D eigenvalue weighted by Gasteiger charge is 2.39. The molecular weight excluding hydrogens is 171 g/mol. The summed E-state index contributed by atoms with van der Waals surface area (Å²) < 4.78 is 61.1. The van der Waals surface area contributed by atoms with Crippen LogP contribution in [0.4, 0.5) is 22.0 Å². The Hall–Kier alpha value is -0.810. The van der Waals surface area contributed by atoms with Gasteiger partial charge in [0.25, 0.3) is 5.83 Å². The zero-order chi connectivity index (χ0) is 9.07. The van der Waals surface area contributed by atoms with Crippen LogP contribution in [0.25, 0.3) is 0 Å². The van der Waals surface area contributed by atoms with Gasteiger partial charge in [-0.05, 0) is 6.92 Å². The molecule has 0 heterocycles. The van der Waals surface area contributed by atoms with Gasteiger partial charge in [-0.2, -0.15) is 22.0 Å². The average Bonchev–Trinajstić information content (AvgIpc) is 1.85. The first-order chi connectivity index (χ1) is 4.89. The summed E-state index contributed by atoms with van der Waals surface area (Å²) in [7, 11) is 0. The third kappa shape index (κ3) is 3.20. The van der Waals surface area contributed by atoms with E-state index in [1.807, 2.05) is 0 Å². The standard InChI is InChI=1S/C5H5F5O/c1-2-11-4(7)3(6)5(8,9)10/h2H2,1H3/b4-3+. The van der Waals surface area contributed by atoms with Gasteiger partial charge in [0, 0.05) is 0 Å². The summed E-state index contributed by atoms with van der Waals surface area (Å²) in [6.45, 7) is 0.887. The maximum absolute atomic E-state index is 11.9. The predicted molar refractivity (Wildman–Crippen MR) is 26.9 cm³/mol. The van der Waals surface area contributed by atoms with Crippen molar-refractivity contribution in [2.24, 2.45) is 0 Å². The van der Waals surface area contributed by atoms with Crippen molar-refractivity contribution in [3.8, 4) is 0 Å². The number of ether oxygens (including phenoxy) is 1. The van der Waals surface area contributed by atoms with E-state index in [1.165, 1.54) is 6.92 Å². The zero-order valence-electron chi connectivity index (χ0n) is 5.51. The minimum absolute atomic E-state index is 0.352. The summed E-state index contributed by atoms with van der Waals surface area (Å²) in [5, 5.41) is 0. The van der Waals surface area contributed by atoms with Gasteiger partial charge in [-0.25, -0.2) is 0 Å². The zero-order valence-corrected chi connectivity index (χ0v) is 5.51. The minimum Gasteiger partial charge on any atom is -0.469 e. The predicted octanol–water partition coefficient (Wildman–Crippen LogP) is 2.69. The Morgan fingerprint density at radius 3 is 2.00 bits per heavy atom. The fourth-order valence-corrected chi connectivity index (χ4v) is 0.302. The number of hydrogen-bond donors (Lipinski definition) is 0. The molecule has 0 saturated heterocycles. The maximum Gasteiger partial charge on any atom is 0.449 e. The third-order valence-electron chi connectivity index (χ3n) is 0.693. The monoisotopic (exact) mass is 176 g/mol. The van der Waals surface area contributed by atoms with E-state index < -0.39 is 18.0 Å². The third-order valence-corrected chi connectivity index (χ3v) is 0.693. The number of alkyl halides is 3. The highest BCUT2D eigenvalue weighted by molar-refractivity contribution is 4.99. The van der Waals surface area contributed by atoms with Crippen molar-refractivity contribution in [1.29, 1.82) is 0 Å². The highest BCUT2D eigenvalue weighted by atomic mass is 19.4. The molecule has 11 heavy (non-hydrogen) atoms. The van der Waals surface area contributed by atoms with Crippen molar-refractivity contribution in [1.82, 2.24) is 0 Å². The largest absolute Gasteiger partial charge is 0.469 e. The Bertz CT molecular complexity index is 159. The number of allylic oxidation sites excluding steroid dienone is 1. The minimum atomic E-state index is -5.31. The molecule has 0 radical (unpaired) electrons. The van der Waals surface area contributed by atoms with E-state index in [1.54, 1.807) is 0 Å². The van der Waals surface area contributed by atoms with Crippen molar-refractivity contribution in [3.63, 3.8) is 0 Å². The van der Waals surface area contributed by atoms with Gasteiger partial charge in [-0.1, -0.05) is 0 Å². The smallest absolute Gasteiger partial charge is 0.449 e. The molecule has 0 aliphatic heterocycles. The first-order valence-electron chi connectivity index (χ1n) is 2.64. The summed E-state index contributed by atoms with van der Waals surface area (Å²) in [5.41, 5.74) is 0. The van der Waals surface area contributed by atoms with E-state index >= 15 is 0 Å². The Kier molecular flexibility index (Phi) is 3.28. The van der Waals surface area contributed by atoms with Crippen LogP contribution in [0.5, 0.6) is 0 Å². The number of hydrogen-bond acceptors (Lipinski definition) is 1. The van der Waals surface area contributed by atoms with E-state index in [0.717, 1.165) is 0 Å². The molecule has 66 valence electrons. The van der Waals surface area contributed by atoms with Crippen molar-refractivity contribution in [3.05, 3.63) is 11.8 Å². The van der Waals surface area contributed by atoms with Gasteiger partial charge in [0.15, 0.2) is 0 Å². The molecule has 0 aromatic rings. The molecule has 0 aromatic carbocycles. The van der Waals surface area contributed by atoms with E-state index in [9.17, 15) is 22.0 Å². The molecule has 0 unspecified atom stereocenters. The molecule has 0 amide bonds. The second-order valence-electron chi connectivity index (χ2n) is 1.52. The summed E-state index contributed by atoms with van der Waals surface area (Å²) >= 11 is 0. The molecule has 0 bridgehead atoms. The molecule has 0 N–H and O–H groups in total. The lowest BCUT2D eigenvalue weighted by molar-refractivity contribution is -0.116. The van der Waals surface area contributed by atoms with Gasteiger partial charge in [0.05, 0.1) is 6.61 Å². The topological polar surface area (TPSA) is 9.23 Å². The Morgan fingerprint density at radius 1 is 1.27 bits per heavy atom. The lowest BCUT2D eigenvalue weighted by Gasteiger charge is -2.04. The number of halogens is 5. The first-order valence-corrected chi connectivity index (χ1v) is 2.64. The lowest BCUT2D eigenvalue weighted by atomic mass is 10.5. The fourth-order valence-electron chi connectivity index (χ4n) is 0.302. The van der Waals surface area contributed by atoms with E-state index in [0.29, 0.717) is 0 Å². The molecule has 0 spiro atoms. The van der Waals surface area contributed by atoms with Gasteiger partial charge in [-0.3, -0.25) is 0 Å². The van der Waals surface area contributed by atoms with Crippen LogP contribution < -0.4 is 0 Å². The van der Waals surface area contributed by atoms with Crippen molar-refractivity contribution < 1.29 is 26.7 Å². The van der Waals surface area contributed by atoms with Crippen molar-refractivity contribution >= 4 is 0 Å². The van der Waals surface area contributed by atoms with Crippen LogP contribution >= 0.6 is 0 Å². The Morgan fingerprint density at radius 2 is 1.73 bits per heavy atom. The van der Waals surface area contributed by atoms with Crippen LogP contribution in [0.3, 0.4) is 0 Å². The van der Waals surface area contributed by atoms with E-state index in [2.05, 4.69) is 4.74 Å².